The lowest BCUT2D eigenvalue weighted by atomic mass is 10.2. The molecule has 5 rings (SSSR count). The molecule has 3 aromatic heterocycles. The highest BCUT2D eigenvalue weighted by molar-refractivity contribution is 7.98. The summed E-state index contributed by atoms with van der Waals surface area (Å²) in [5.74, 6) is 1.69. The van der Waals surface area contributed by atoms with Crippen molar-refractivity contribution in [1.82, 2.24) is 19.7 Å². The fourth-order valence-electron chi connectivity index (χ4n) is 3.32. The number of aromatic nitrogens is 4. The van der Waals surface area contributed by atoms with Crippen molar-refractivity contribution >= 4 is 40.4 Å². The first-order valence-corrected chi connectivity index (χ1v) is 12.6. The Morgan fingerprint density at radius 2 is 1.90 bits per heavy atom. The molecule has 0 spiro atoms. The number of nitrogens with zero attached hydrogens (tertiary/aromatic N) is 5. The summed E-state index contributed by atoms with van der Waals surface area (Å²) in [6.07, 6.45) is 0. The summed E-state index contributed by atoms with van der Waals surface area (Å²) in [4.78, 5) is 7.06. The molecule has 1 fully saturated rings. The summed E-state index contributed by atoms with van der Waals surface area (Å²) < 4.78 is 7.73. The smallest absolute Gasteiger partial charge is 0.228 e. The summed E-state index contributed by atoms with van der Waals surface area (Å²) in [7, 11) is 0. The van der Waals surface area contributed by atoms with Crippen LogP contribution < -0.4 is 4.90 Å². The van der Waals surface area contributed by atoms with Gasteiger partial charge in [0.05, 0.1) is 25.5 Å². The van der Waals surface area contributed by atoms with Crippen LogP contribution in [0.2, 0.25) is 0 Å². The summed E-state index contributed by atoms with van der Waals surface area (Å²) in [6, 6.07) is 12.6. The molecule has 0 atom stereocenters. The Kier molecular flexibility index (Phi) is 6.12. The van der Waals surface area contributed by atoms with Gasteiger partial charge in [-0.3, -0.25) is 4.57 Å². The normalized spacial score (nSPS) is 14.3. The van der Waals surface area contributed by atoms with Crippen LogP contribution in [0.3, 0.4) is 0 Å². The molecule has 30 heavy (non-hydrogen) atoms. The van der Waals surface area contributed by atoms with E-state index in [2.05, 4.69) is 66.1 Å². The molecule has 9 heteroatoms. The van der Waals surface area contributed by atoms with Gasteiger partial charge >= 0.3 is 0 Å². The minimum absolute atomic E-state index is 0.727. The number of hydrogen-bond acceptors (Lipinski definition) is 8. The standard InChI is InChI=1S/C21H21N5OS3/c1-2-4-16(5-3-1)12-26-20(25-7-9-27-10-8-25)23-24-21(26)30-15-18-14-29-19(22-18)17-6-11-28-13-17/h1-6,11,13-14H,7-10,12,15H2. The molecule has 0 aliphatic carbocycles. The van der Waals surface area contributed by atoms with Crippen LogP contribution in [0, 0.1) is 0 Å². The largest absolute Gasteiger partial charge is 0.378 e. The lowest BCUT2D eigenvalue weighted by Gasteiger charge is -2.28. The van der Waals surface area contributed by atoms with Crippen molar-refractivity contribution in [2.75, 3.05) is 31.2 Å². The lowest BCUT2D eigenvalue weighted by molar-refractivity contribution is 0.121. The number of anilines is 1. The lowest BCUT2D eigenvalue weighted by Crippen LogP contribution is -2.38. The molecule has 0 unspecified atom stereocenters. The van der Waals surface area contributed by atoms with Crippen molar-refractivity contribution in [1.29, 1.82) is 0 Å². The van der Waals surface area contributed by atoms with Crippen molar-refractivity contribution in [3.8, 4) is 10.6 Å². The molecule has 0 amide bonds. The summed E-state index contributed by atoms with van der Waals surface area (Å²) >= 11 is 5.09. The molecule has 1 aliphatic rings. The summed E-state index contributed by atoms with van der Waals surface area (Å²) in [5.41, 5.74) is 3.51. The second-order valence-corrected chi connectivity index (χ2v) is 9.48. The molecule has 1 saturated heterocycles. The van der Waals surface area contributed by atoms with E-state index in [1.807, 2.05) is 6.07 Å². The third-order valence-electron chi connectivity index (χ3n) is 4.84. The summed E-state index contributed by atoms with van der Waals surface area (Å²) in [5, 5.41) is 17.4. The maximum atomic E-state index is 5.51. The number of ether oxygens (including phenoxy) is 1. The van der Waals surface area contributed by atoms with E-state index in [1.165, 1.54) is 11.1 Å². The van der Waals surface area contributed by atoms with E-state index in [4.69, 9.17) is 9.72 Å². The number of morpholine rings is 1. The molecule has 4 heterocycles. The van der Waals surface area contributed by atoms with Crippen LogP contribution in [0.5, 0.6) is 0 Å². The van der Waals surface area contributed by atoms with Crippen LogP contribution in [0.25, 0.3) is 10.6 Å². The monoisotopic (exact) mass is 455 g/mol. The molecule has 154 valence electrons. The first-order valence-electron chi connectivity index (χ1n) is 9.76. The Morgan fingerprint density at radius 3 is 2.70 bits per heavy atom. The third-order valence-corrected chi connectivity index (χ3v) is 7.47. The van der Waals surface area contributed by atoms with Crippen molar-refractivity contribution in [2.45, 2.75) is 17.5 Å². The van der Waals surface area contributed by atoms with Gasteiger partial charge in [0.25, 0.3) is 0 Å². The number of rotatable bonds is 7. The van der Waals surface area contributed by atoms with Gasteiger partial charge in [0.1, 0.15) is 5.01 Å². The van der Waals surface area contributed by atoms with Crippen LogP contribution in [-0.4, -0.2) is 46.1 Å². The fraction of sp³-hybridized carbons (Fsp3) is 0.286. The van der Waals surface area contributed by atoms with Gasteiger partial charge < -0.3 is 9.64 Å². The zero-order chi connectivity index (χ0) is 20.2. The van der Waals surface area contributed by atoms with Gasteiger partial charge in [-0.05, 0) is 17.0 Å². The molecule has 0 saturated carbocycles. The zero-order valence-electron chi connectivity index (χ0n) is 16.3. The van der Waals surface area contributed by atoms with Crippen molar-refractivity contribution in [2.24, 2.45) is 0 Å². The van der Waals surface area contributed by atoms with E-state index in [9.17, 15) is 0 Å². The molecule has 1 aromatic carbocycles. The van der Waals surface area contributed by atoms with Gasteiger partial charge in [-0.2, -0.15) is 11.3 Å². The average molecular weight is 456 g/mol. The van der Waals surface area contributed by atoms with Gasteiger partial charge in [0.15, 0.2) is 5.16 Å². The Balaban J connectivity index is 1.36. The van der Waals surface area contributed by atoms with E-state index in [1.54, 1.807) is 34.4 Å². The molecule has 6 nitrogen and oxygen atoms in total. The van der Waals surface area contributed by atoms with E-state index in [0.29, 0.717) is 0 Å². The van der Waals surface area contributed by atoms with Crippen LogP contribution >= 0.6 is 34.4 Å². The van der Waals surface area contributed by atoms with Gasteiger partial charge in [0.2, 0.25) is 5.95 Å². The molecule has 0 bridgehead atoms. The zero-order valence-corrected chi connectivity index (χ0v) is 18.8. The van der Waals surface area contributed by atoms with Crippen molar-refractivity contribution in [3.63, 3.8) is 0 Å². The Hall–Kier alpha value is -2.20. The fourth-order valence-corrected chi connectivity index (χ4v) is 5.78. The second-order valence-electron chi connectivity index (χ2n) is 6.90. The predicted octanol–water partition coefficient (Wildman–Crippen LogP) is 4.64. The van der Waals surface area contributed by atoms with Gasteiger partial charge in [0, 0.05) is 35.2 Å². The van der Waals surface area contributed by atoms with E-state index >= 15 is 0 Å². The highest BCUT2D eigenvalue weighted by Gasteiger charge is 2.21. The van der Waals surface area contributed by atoms with Crippen LogP contribution in [0.1, 0.15) is 11.3 Å². The Morgan fingerprint density at radius 1 is 1.03 bits per heavy atom. The van der Waals surface area contributed by atoms with Crippen molar-refractivity contribution in [3.05, 3.63) is 63.8 Å². The Bertz CT molecular complexity index is 1070. The van der Waals surface area contributed by atoms with Gasteiger partial charge in [-0.25, -0.2) is 4.98 Å². The molecule has 1 aliphatic heterocycles. The SMILES string of the molecule is c1ccc(Cn2c(SCc3csc(-c4ccsc4)n3)nnc2N2CCOCC2)cc1. The molecule has 4 aromatic rings. The van der Waals surface area contributed by atoms with E-state index < -0.39 is 0 Å². The summed E-state index contributed by atoms with van der Waals surface area (Å²) in [6.45, 7) is 3.89. The first kappa shape index (κ1) is 19.7. The third kappa shape index (κ3) is 4.44. The first-order chi connectivity index (χ1) is 14.9. The number of thiazole rings is 1. The van der Waals surface area contributed by atoms with Crippen LogP contribution in [0.4, 0.5) is 5.95 Å². The minimum Gasteiger partial charge on any atom is -0.378 e. The molecular formula is C21H21N5OS3. The highest BCUT2D eigenvalue weighted by atomic mass is 32.2. The molecule has 0 radical (unpaired) electrons. The van der Waals surface area contributed by atoms with E-state index in [0.717, 1.165) is 60.4 Å². The van der Waals surface area contributed by atoms with Gasteiger partial charge in [-0.1, -0.05) is 42.1 Å². The van der Waals surface area contributed by atoms with E-state index in [-0.39, 0.29) is 0 Å². The van der Waals surface area contributed by atoms with Crippen molar-refractivity contribution < 1.29 is 4.74 Å². The number of hydrogen-bond donors (Lipinski definition) is 0. The highest BCUT2D eigenvalue weighted by Crippen LogP contribution is 2.30. The number of thiophene rings is 1. The maximum absolute atomic E-state index is 5.51. The number of thioether (sulfide) groups is 1. The number of benzene rings is 1. The van der Waals surface area contributed by atoms with Crippen LogP contribution in [0.15, 0.2) is 57.7 Å². The average Bonchev–Trinajstić information content (AvgIpc) is 3.55. The topological polar surface area (TPSA) is 56.1 Å². The van der Waals surface area contributed by atoms with Crippen LogP contribution in [-0.2, 0) is 17.0 Å². The van der Waals surface area contributed by atoms with Gasteiger partial charge in [-0.15, -0.1) is 21.5 Å². The quantitative estimate of drug-likeness (QED) is 0.379. The second kappa shape index (κ2) is 9.30. The Labute approximate surface area is 187 Å². The molecule has 0 N–H and O–H groups in total. The molecular weight excluding hydrogens is 434 g/mol. The maximum Gasteiger partial charge on any atom is 0.228 e. The minimum atomic E-state index is 0.727. The predicted molar refractivity (Wildman–Crippen MR) is 124 cm³/mol.